The lowest BCUT2D eigenvalue weighted by Gasteiger charge is -2.15. The van der Waals surface area contributed by atoms with Crippen LogP contribution in [0.15, 0.2) is 78.0 Å². The second-order valence-electron chi connectivity index (χ2n) is 20.8. The van der Waals surface area contributed by atoms with Crippen molar-refractivity contribution in [2.45, 2.75) is 111 Å². The van der Waals surface area contributed by atoms with Crippen LogP contribution in [-0.4, -0.2) is 107 Å². The number of aromatic nitrogens is 11. The largest absolute Gasteiger partial charge is 0.364 e. The quantitative estimate of drug-likeness (QED) is 0.0541. The molecule has 0 aliphatic carbocycles. The highest BCUT2D eigenvalue weighted by molar-refractivity contribution is 6.76. The van der Waals surface area contributed by atoms with Gasteiger partial charge in [-0.1, -0.05) is 67.6 Å². The number of nitrogens with one attached hydrogen (secondary N) is 3. The lowest BCUT2D eigenvalue weighted by Crippen LogP contribution is -2.30. The predicted molar refractivity (Wildman–Crippen MR) is 288 cm³/mol. The topological polar surface area (TPSA) is 211 Å². The first kappa shape index (κ1) is 52.0. The number of ether oxygens (including phenoxy) is 2. The van der Waals surface area contributed by atoms with E-state index in [1.54, 1.807) is 30.9 Å². The third-order valence-electron chi connectivity index (χ3n) is 11.4. The molecule has 2 aromatic carbocycles. The summed E-state index contributed by atoms with van der Waals surface area (Å²) in [6, 6.07) is 15.0. The Kier molecular flexibility index (Phi) is 15.8. The Morgan fingerprint density at radius 2 is 1.25 bits per heavy atom. The van der Waals surface area contributed by atoms with E-state index >= 15 is 0 Å². The third-order valence-corrected chi connectivity index (χ3v) is 15.3. The zero-order valence-corrected chi connectivity index (χ0v) is 45.8. The number of aromatic amines is 1. The minimum atomic E-state index is -1.22. The standard InChI is InChI=1S/C27H32ClN7O3Si.C23H29ClN6O2Si/c1-17(2)30-27(36)21-15-34(16-37-10-11-39(3,4)5)26-25(21)31-22(13-29-26)24-20-7-6-18(28)12-23(20)35(32-24)14-19-8-9-38-33-19;1-14(2)26-23(31)17-12-30(13-32-8-9-33(3,4)5)22-21(17)27-19(11-25-22)20-16-7-6-15(24)10-18(16)28-29-20/h6-9,12-13,15,17H,10-11,14,16H2,1-5H3,(H,30,36);6-7,10-12,14H,8-9,13H2,1-5H3,(H,26,31)(H,28,29). The van der Waals surface area contributed by atoms with Crippen LogP contribution < -0.4 is 10.6 Å². The Balaban J connectivity index is 0.000000195. The fourth-order valence-electron chi connectivity index (χ4n) is 7.74. The number of carbonyl (C=O) groups is 2. The molecule has 0 radical (unpaired) electrons. The number of hydrogen-bond donors (Lipinski definition) is 3. The van der Waals surface area contributed by atoms with E-state index in [1.807, 2.05) is 77.9 Å². The number of hydrogen-bond acceptors (Lipinski definition) is 12. The highest BCUT2D eigenvalue weighted by Crippen LogP contribution is 2.32. The maximum absolute atomic E-state index is 13.1. The SMILES string of the molecule is CC(C)NC(=O)c1cn(COCC[Si](C)(C)C)c2ncc(-c3n[nH]c4cc(Cl)ccc34)nc12.CC(C)NC(=O)c1cn(COCC[Si](C)(C)C)c2ncc(-c3nn(Cc4ccon4)c4cc(Cl)ccc34)nc12. The Morgan fingerprint density at radius 3 is 1.76 bits per heavy atom. The molecule has 0 aliphatic heterocycles. The van der Waals surface area contributed by atoms with Crippen LogP contribution in [0.2, 0.25) is 61.4 Å². The van der Waals surface area contributed by atoms with Gasteiger partial charge in [-0.25, -0.2) is 19.9 Å². The van der Waals surface area contributed by atoms with Crippen LogP contribution in [0, 0.1) is 0 Å². The molecule has 22 heteroatoms. The van der Waals surface area contributed by atoms with Crippen LogP contribution in [0.5, 0.6) is 0 Å². The molecule has 18 nitrogen and oxygen atoms in total. The molecule has 0 spiro atoms. The second kappa shape index (κ2) is 21.8. The van der Waals surface area contributed by atoms with E-state index in [0.717, 1.165) is 39.6 Å². The van der Waals surface area contributed by atoms with Crippen LogP contribution in [0.3, 0.4) is 0 Å². The first-order chi connectivity index (χ1) is 34.2. The molecule has 7 aromatic heterocycles. The normalized spacial score (nSPS) is 12.2. The summed E-state index contributed by atoms with van der Waals surface area (Å²) in [4.78, 5) is 45.1. The van der Waals surface area contributed by atoms with Gasteiger partial charge >= 0.3 is 0 Å². The average molecular weight is 1050 g/mol. The molecule has 0 bridgehead atoms. The average Bonchev–Trinajstić information content (AvgIpc) is 4.16. The molecule has 3 N–H and O–H groups in total. The minimum Gasteiger partial charge on any atom is -0.364 e. The summed E-state index contributed by atoms with van der Waals surface area (Å²) in [5.41, 5.74) is 7.87. The Hall–Kier alpha value is -6.30. The fourth-order valence-corrected chi connectivity index (χ4v) is 9.59. The highest BCUT2D eigenvalue weighted by atomic mass is 35.5. The van der Waals surface area contributed by atoms with E-state index in [-0.39, 0.29) is 30.6 Å². The molecular weight excluding hydrogens is 990 g/mol. The summed E-state index contributed by atoms with van der Waals surface area (Å²) < 4.78 is 22.4. The van der Waals surface area contributed by atoms with Crippen molar-refractivity contribution in [2.75, 3.05) is 13.2 Å². The van der Waals surface area contributed by atoms with E-state index in [9.17, 15) is 9.59 Å². The number of rotatable bonds is 18. The molecule has 9 aromatic rings. The van der Waals surface area contributed by atoms with Gasteiger partial charge in [-0.3, -0.25) is 19.4 Å². The maximum Gasteiger partial charge on any atom is 0.255 e. The number of amides is 2. The number of fused-ring (bicyclic) bond motifs is 4. The monoisotopic (exact) mass is 1050 g/mol. The lowest BCUT2D eigenvalue weighted by molar-refractivity contribution is 0.0886. The summed E-state index contributed by atoms with van der Waals surface area (Å²) in [7, 11) is -2.41. The number of H-pyrrole nitrogens is 1. The first-order valence-electron chi connectivity index (χ1n) is 23.9. The van der Waals surface area contributed by atoms with Crippen molar-refractivity contribution in [3.05, 3.63) is 100 Å². The van der Waals surface area contributed by atoms with Gasteiger partial charge in [0.25, 0.3) is 11.8 Å². The van der Waals surface area contributed by atoms with E-state index in [0.29, 0.717) is 92.8 Å². The molecule has 0 saturated heterocycles. The number of nitrogens with zero attached hydrogens (tertiary/aromatic N) is 10. The molecule has 2 amide bonds. The highest BCUT2D eigenvalue weighted by Gasteiger charge is 2.24. The third kappa shape index (κ3) is 12.5. The van der Waals surface area contributed by atoms with E-state index in [1.165, 1.54) is 6.26 Å². The van der Waals surface area contributed by atoms with Crippen LogP contribution in [0.25, 0.3) is 66.9 Å². The van der Waals surface area contributed by atoms with E-state index in [2.05, 4.69) is 70.3 Å². The molecule has 7 heterocycles. The zero-order valence-electron chi connectivity index (χ0n) is 42.3. The van der Waals surface area contributed by atoms with Crippen molar-refractivity contribution in [1.82, 2.24) is 64.8 Å². The summed E-state index contributed by atoms with van der Waals surface area (Å²) >= 11 is 12.4. The van der Waals surface area contributed by atoms with Gasteiger partial charge in [-0.05, 0) is 76.2 Å². The van der Waals surface area contributed by atoms with Crippen molar-refractivity contribution >= 4 is 95.3 Å². The fraction of sp³-hybridized carbons (Fsp3) is 0.380. The van der Waals surface area contributed by atoms with Gasteiger partial charge < -0.3 is 33.8 Å². The summed E-state index contributed by atoms with van der Waals surface area (Å²) in [6.45, 7) is 23.9. The first-order valence-corrected chi connectivity index (χ1v) is 32.1. The summed E-state index contributed by atoms with van der Waals surface area (Å²) in [5, 5.41) is 25.1. The van der Waals surface area contributed by atoms with Crippen molar-refractivity contribution < 1.29 is 23.6 Å². The van der Waals surface area contributed by atoms with Crippen molar-refractivity contribution in [1.29, 1.82) is 0 Å². The smallest absolute Gasteiger partial charge is 0.255 e. The van der Waals surface area contributed by atoms with Crippen LogP contribution in [0.1, 0.15) is 54.1 Å². The molecule has 0 aliphatic rings. The molecule has 0 unspecified atom stereocenters. The minimum absolute atomic E-state index is 0.0000636. The van der Waals surface area contributed by atoms with Crippen molar-refractivity contribution in [3.63, 3.8) is 0 Å². The Bertz CT molecular complexity index is 3370. The number of halogens is 2. The number of benzene rings is 2. The molecule has 0 fully saturated rings. The van der Waals surface area contributed by atoms with Crippen LogP contribution in [0.4, 0.5) is 0 Å². The van der Waals surface area contributed by atoms with Crippen molar-refractivity contribution in [2.24, 2.45) is 0 Å². The van der Waals surface area contributed by atoms with Gasteiger partial charge in [0, 0.05) is 80.7 Å². The van der Waals surface area contributed by atoms with Crippen LogP contribution in [-0.2, 0) is 29.5 Å². The number of carbonyl (C=O) groups excluding carboxylic acids is 2. The zero-order chi connectivity index (χ0) is 51.5. The molecule has 0 atom stereocenters. The molecule has 9 rings (SSSR count). The van der Waals surface area contributed by atoms with Crippen LogP contribution >= 0.6 is 23.2 Å². The Labute approximate surface area is 429 Å². The van der Waals surface area contributed by atoms with Gasteiger partial charge in [0.2, 0.25) is 0 Å². The lowest BCUT2D eigenvalue weighted by atomic mass is 10.1. The van der Waals surface area contributed by atoms with E-state index < -0.39 is 16.1 Å². The van der Waals surface area contributed by atoms with Gasteiger partial charge in [0.15, 0.2) is 11.3 Å². The molecule has 0 saturated carbocycles. The summed E-state index contributed by atoms with van der Waals surface area (Å²) in [6.07, 6.45) is 8.42. The Morgan fingerprint density at radius 1 is 0.722 bits per heavy atom. The second-order valence-corrected chi connectivity index (χ2v) is 32.9. The van der Waals surface area contributed by atoms with Gasteiger partial charge in [0.1, 0.15) is 59.2 Å². The van der Waals surface area contributed by atoms with Crippen molar-refractivity contribution in [3.8, 4) is 22.8 Å². The van der Waals surface area contributed by atoms with Gasteiger partial charge in [-0.2, -0.15) is 10.2 Å². The predicted octanol–water partition coefficient (Wildman–Crippen LogP) is 10.7. The van der Waals surface area contributed by atoms with Gasteiger partial charge in [-0.15, -0.1) is 0 Å². The van der Waals surface area contributed by atoms with Gasteiger partial charge in [0.05, 0.1) is 41.1 Å². The maximum atomic E-state index is 13.1. The molecular formula is C50H61Cl2N13O5Si2. The molecule has 72 heavy (non-hydrogen) atoms. The van der Waals surface area contributed by atoms with E-state index in [4.69, 9.17) is 57.2 Å². The molecule has 378 valence electrons. The summed E-state index contributed by atoms with van der Waals surface area (Å²) in [5.74, 6) is -0.406.